The lowest BCUT2D eigenvalue weighted by Gasteiger charge is -2.35. The second kappa shape index (κ2) is 6.50. The van der Waals surface area contributed by atoms with E-state index >= 15 is 0 Å². The summed E-state index contributed by atoms with van der Waals surface area (Å²) in [5.41, 5.74) is 2.33. The predicted molar refractivity (Wildman–Crippen MR) is 84.1 cm³/mol. The standard InChI is InChI=1S/C18H26O3/c1-5-16(19)21-14-11-13(2)17(20-4)15(12-14)18(3)9-7-6-8-10-18/h11-12H,5-10H2,1-4H3. The molecule has 0 aromatic heterocycles. The van der Waals surface area contributed by atoms with Crippen molar-refractivity contribution < 1.29 is 14.3 Å². The molecule has 3 heteroatoms. The summed E-state index contributed by atoms with van der Waals surface area (Å²) < 4.78 is 11.1. The van der Waals surface area contributed by atoms with Crippen LogP contribution in [0.5, 0.6) is 11.5 Å². The molecule has 1 aromatic carbocycles. The number of ether oxygens (including phenoxy) is 2. The number of methoxy groups -OCH3 is 1. The van der Waals surface area contributed by atoms with Crippen LogP contribution in [0.25, 0.3) is 0 Å². The molecule has 116 valence electrons. The molecule has 0 atom stereocenters. The highest BCUT2D eigenvalue weighted by atomic mass is 16.5. The summed E-state index contributed by atoms with van der Waals surface area (Å²) in [6.45, 7) is 6.12. The molecule has 1 saturated carbocycles. The molecule has 0 aliphatic heterocycles. The highest BCUT2D eigenvalue weighted by molar-refractivity contribution is 5.72. The van der Waals surface area contributed by atoms with Crippen LogP contribution in [0, 0.1) is 6.92 Å². The van der Waals surface area contributed by atoms with Crippen LogP contribution in [-0.2, 0) is 10.2 Å². The Morgan fingerprint density at radius 3 is 2.48 bits per heavy atom. The summed E-state index contributed by atoms with van der Waals surface area (Å²) in [6, 6.07) is 3.90. The van der Waals surface area contributed by atoms with Crippen molar-refractivity contribution in [2.75, 3.05) is 7.11 Å². The third-order valence-corrected chi connectivity index (χ3v) is 4.58. The van der Waals surface area contributed by atoms with Crippen molar-refractivity contribution in [2.24, 2.45) is 0 Å². The van der Waals surface area contributed by atoms with E-state index in [-0.39, 0.29) is 11.4 Å². The molecule has 3 nitrogen and oxygen atoms in total. The summed E-state index contributed by atoms with van der Waals surface area (Å²) in [7, 11) is 1.72. The first-order valence-corrected chi connectivity index (χ1v) is 7.90. The van der Waals surface area contributed by atoms with Crippen molar-refractivity contribution in [3.8, 4) is 11.5 Å². The van der Waals surface area contributed by atoms with Crippen molar-refractivity contribution in [3.05, 3.63) is 23.3 Å². The van der Waals surface area contributed by atoms with E-state index in [1.807, 2.05) is 26.0 Å². The highest BCUT2D eigenvalue weighted by Gasteiger charge is 2.32. The molecule has 21 heavy (non-hydrogen) atoms. The van der Waals surface area contributed by atoms with Gasteiger partial charge < -0.3 is 9.47 Å². The van der Waals surface area contributed by atoms with Gasteiger partial charge in [0.05, 0.1) is 7.11 Å². The van der Waals surface area contributed by atoms with Crippen LogP contribution >= 0.6 is 0 Å². The number of hydrogen-bond acceptors (Lipinski definition) is 3. The lowest BCUT2D eigenvalue weighted by atomic mass is 9.70. The van der Waals surface area contributed by atoms with Gasteiger partial charge in [-0.05, 0) is 42.9 Å². The monoisotopic (exact) mass is 290 g/mol. The first kappa shape index (κ1) is 15.9. The predicted octanol–water partition coefficient (Wildman–Crippen LogP) is 4.54. The number of rotatable bonds is 4. The van der Waals surface area contributed by atoms with Crippen LogP contribution in [-0.4, -0.2) is 13.1 Å². The molecular weight excluding hydrogens is 264 g/mol. The minimum absolute atomic E-state index is 0.114. The molecule has 0 spiro atoms. The van der Waals surface area contributed by atoms with E-state index in [9.17, 15) is 4.79 Å². The van der Waals surface area contributed by atoms with E-state index in [0.717, 1.165) is 24.2 Å². The maximum atomic E-state index is 11.6. The quantitative estimate of drug-likeness (QED) is 0.603. The number of carbonyl (C=O) groups excluding carboxylic acids is 1. The molecule has 1 fully saturated rings. The van der Waals surface area contributed by atoms with Crippen LogP contribution in [0.15, 0.2) is 12.1 Å². The largest absolute Gasteiger partial charge is 0.496 e. The molecule has 0 N–H and O–H groups in total. The van der Waals surface area contributed by atoms with Gasteiger partial charge >= 0.3 is 5.97 Å². The lowest BCUT2D eigenvalue weighted by molar-refractivity contribution is -0.134. The van der Waals surface area contributed by atoms with E-state index < -0.39 is 0 Å². The summed E-state index contributed by atoms with van der Waals surface area (Å²) in [6.07, 6.45) is 6.51. The van der Waals surface area contributed by atoms with Crippen molar-refractivity contribution in [1.29, 1.82) is 0 Å². The number of carbonyl (C=O) groups is 1. The average Bonchev–Trinajstić information content (AvgIpc) is 2.47. The number of aryl methyl sites for hydroxylation is 1. The number of hydrogen-bond donors (Lipinski definition) is 0. The Morgan fingerprint density at radius 1 is 1.24 bits per heavy atom. The van der Waals surface area contributed by atoms with Crippen LogP contribution in [0.4, 0.5) is 0 Å². The topological polar surface area (TPSA) is 35.5 Å². The van der Waals surface area contributed by atoms with Crippen molar-refractivity contribution in [1.82, 2.24) is 0 Å². The van der Waals surface area contributed by atoms with Gasteiger partial charge in [-0.3, -0.25) is 4.79 Å². The van der Waals surface area contributed by atoms with Gasteiger partial charge in [0.25, 0.3) is 0 Å². The minimum atomic E-state index is -0.195. The lowest BCUT2D eigenvalue weighted by Crippen LogP contribution is -2.26. The van der Waals surface area contributed by atoms with Gasteiger partial charge in [-0.2, -0.15) is 0 Å². The van der Waals surface area contributed by atoms with Gasteiger partial charge in [-0.15, -0.1) is 0 Å². The van der Waals surface area contributed by atoms with E-state index in [0.29, 0.717) is 12.2 Å². The first-order valence-electron chi connectivity index (χ1n) is 7.90. The van der Waals surface area contributed by atoms with Crippen LogP contribution in [0.3, 0.4) is 0 Å². The van der Waals surface area contributed by atoms with E-state index in [1.165, 1.54) is 24.8 Å². The Labute approximate surface area is 127 Å². The van der Waals surface area contributed by atoms with Gasteiger partial charge in [-0.25, -0.2) is 0 Å². The summed E-state index contributed by atoms with van der Waals surface area (Å²) in [4.78, 5) is 11.6. The normalized spacial score (nSPS) is 17.3. The molecule has 0 radical (unpaired) electrons. The van der Waals surface area contributed by atoms with Crippen LogP contribution in [0.2, 0.25) is 0 Å². The van der Waals surface area contributed by atoms with E-state index in [2.05, 4.69) is 6.92 Å². The maximum absolute atomic E-state index is 11.6. The fraction of sp³-hybridized carbons (Fsp3) is 0.611. The third-order valence-electron chi connectivity index (χ3n) is 4.58. The van der Waals surface area contributed by atoms with Gasteiger partial charge in [0.1, 0.15) is 11.5 Å². The summed E-state index contributed by atoms with van der Waals surface area (Å²) >= 11 is 0. The third kappa shape index (κ3) is 3.39. The van der Waals surface area contributed by atoms with E-state index in [1.54, 1.807) is 7.11 Å². The SMILES string of the molecule is CCC(=O)Oc1cc(C)c(OC)c(C2(C)CCCCC2)c1. The zero-order valence-corrected chi connectivity index (χ0v) is 13.6. The Balaban J connectivity index is 2.43. The fourth-order valence-electron chi connectivity index (χ4n) is 3.32. The fourth-order valence-corrected chi connectivity index (χ4v) is 3.32. The molecule has 0 unspecified atom stereocenters. The Morgan fingerprint density at radius 2 is 1.90 bits per heavy atom. The molecule has 1 aromatic rings. The Bertz CT molecular complexity index is 513. The summed E-state index contributed by atoms with van der Waals surface area (Å²) in [5.74, 6) is 1.39. The first-order chi connectivity index (χ1) is 10.00. The van der Waals surface area contributed by atoms with Crippen LogP contribution < -0.4 is 9.47 Å². The molecule has 2 rings (SSSR count). The van der Waals surface area contributed by atoms with Gasteiger partial charge in [0.2, 0.25) is 0 Å². The molecule has 1 aliphatic carbocycles. The molecular formula is C18H26O3. The smallest absolute Gasteiger partial charge is 0.310 e. The Kier molecular flexibility index (Phi) is 4.92. The van der Waals surface area contributed by atoms with Crippen molar-refractivity contribution in [3.63, 3.8) is 0 Å². The van der Waals surface area contributed by atoms with Crippen LogP contribution in [0.1, 0.15) is 63.5 Å². The number of esters is 1. The van der Waals surface area contributed by atoms with Gasteiger partial charge in [0, 0.05) is 12.0 Å². The zero-order chi connectivity index (χ0) is 15.5. The van der Waals surface area contributed by atoms with Crippen molar-refractivity contribution in [2.45, 2.75) is 64.7 Å². The second-order valence-corrected chi connectivity index (χ2v) is 6.27. The number of benzene rings is 1. The second-order valence-electron chi connectivity index (χ2n) is 6.27. The molecule has 0 amide bonds. The minimum Gasteiger partial charge on any atom is -0.496 e. The highest BCUT2D eigenvalue weighted by Crippen LogP contribution is 2.45. The van der Waals surface area contributed by atoms with E-state index in [4.69, 9.17) is 9.47 Å². The van der Waals surface area contributed by atoms with Gasteiger partial charge in [-0.1, -0.05) is 33.1 Å². The Hall–Kier alpha value is -1.51. The zero-order valence-electron chi connectivity index (χ0n) is 13.6. The summed E-state index contributed by atoms with van der Waals surface area (Å²) in [5, 5.41) is 0. The molecule has 0 heterocycles. The molecule has 0 saturated heterocycles. The maximum Gasteiger partial charge on any atom is 0.310 e. The average molecular weight is 290 g/mol. The van der Waals surface area contributed by atoms with Crippen molar-refractivity contribution >= 4 is 5.97 Å². The van der Waals surface area contributed by atoms with Gasteiger partial charge in [0.15, 0.2) is 0 Å². The molecule has 1 aliphatic rings. The molecule has 0 bridgehead atoms.